The summed E-state index contributed by atoms with van der Waals surface area (Å²) in [4.78, 5) is 0. The van der Waals surface area contributed by atoms with Crippen LogP contribution < -0.4 is 10.5 Å². The van der Waals surface area contributed by atoms with E-state index in [0.717, 1.165) is 24.3 Å². The molecule has 0 bridgehead atoms. The lowest BCUT2D eigenvalue weighted by atomic mass is 10.2. The summed E-state index contributed by atoms with van der Waals surface area (Å²) in [5.41, 5.74) is 7.65. The number of ether oxygens (including phenoxy) is 1. The van der Waals surface area contributed by atoms with Crippen LogP contribution >= 0.6 is 0 Å². The van der Waals surface area contributed by atoms with Crippen LogP contribution in [0.5, 0.6) is 5.75 Å². The van der Waals surface area contributed by atoms with E-state index in [-0.39, 0.29) is 0 Å². The van der Waals surface area contributed by atoms with Crippen molar-refractivity contribution in [2.45, 2.75) is 26.3 Å². The molecule has 19 heavy (non-hydrogen) atoms. The highest BCUT2D eigenvalue weighted by Crippen LogP contribution is 2.12. The lowest BCUT2D eigenvalue weighted by Crippen LogP contribution is -2.08. The molecule has 102 valence electrons. The van der Waals surface area contributed by atoms with Gasteiger partial charge in [0.1, 0.15) is 12.4 Å². The molecule has 2 aromatic rings. The fourth-order valence-corrected chi connectivity index (χ4v) is 1.81. The summed E-state index contributed by atoms with van der Waals surface area (Å²) in [5, 5.41) is 8.16. The van der Waals surface area contributed by atoms with Gasteiger partial charge < -0.3 is 10.5 Å². The Hall–Kier alpha value is -1.88. The Morgan fingerprint density at radius 3 is 3.05 bits per heavy atom. The lowest BCUT2D eigenvalue weighted by molar-refractivity contribution is 0.289. The summed E-state index contributed by atoms with van der Waals surface area (Å²) < 4.78 is 7.48. The van der Waals surface area contributed by atoms with Crippen molar-refractivity contribution in [1.82, 2.24) is 15.0 Å². The third kappa shape index (κ3) is 4.37. The zero-order valence-corrected chi connectivity index (χ0v) is 11.2. The van der Waals surface area contributed by atoms with Crippen LogP contribution in [-0.4, -0.2) is 28.1 Å². The second-order valence-corrected chi connectivity index (χ2v) is 4.53. The van der Waals surface area contributed by atoms with E-state index in [9.17, 15) is 0 Å². The number of benzene rings is 1. The van der Waals surface area contributed by atoms with Gasteiger partial charge in [0, 0.05) is 6.20 Å². The second kappa shape index (κ2) is 6.89. The first kappa shape index (κ1) is 13.5. The monoisotopic (exact) mass is 260 g/mol. The van der Waals surface area contributed by atoms with E-state index in [4.69, 9.17) is 10.5 Å². The Labute approximate surface area is 113 Å². The fraction of sp³-hybridized carbons (Fsp3) is 0.429. The number of nitrogens with two attached hydrogens (primary N) is 1. The molecule has 5 nitrogen and oxygen atoms in total. The standard InChI is InChI=1S/C14H20N4O/c1-12-4-2-6-14(10-12)19-9-8-18-11-13(16-17-18)5-3-7-15/h2,4,6,10-11H,3,5,7-9,15H2,1H3. The van der Waals surface area contributed by atoms with E-state index in [1.165, 1.54) is 5.56 Å². The molecule has 0 saturated heterocycles. The van der Waals surface area contributed by atoms with Crippen LogP contribution in [0.1, 0.15) is 17.7 Å². The van der Waals surface area contributed by atoms with Crippen molar-refractivity contribution in [2.24, 2.45) is 5.73 Å². The van der Waals surface area contributed by atoms with E-state index in [1.807, 2.05) is 42.1 Å². The van der Waals surface area contributed by atoms with Gasteiger partial charge in [-0.25, -0.2) is 4.68 Å². The first-order valence-electron chi connectivity index (χ1n) is 6.56. The summed E-state index contributed by atoms with van der Waals surface area (Å²) in [6, 6.07) is 8.02. The summed E-state index contributed by atoms with van der Waals surface area (Å²) >= 11 is 0. The van der Waals surface area contributed by atoms with Crippen LogP contribution in [0, 0.1) is 6.92 Å². The number of aromatic nitrogens is 3. The molecule has 0 amide bonds. The molecule has 0 aliphatic heterocycles. The zero-order chi connectivity index (χ0) is 13.5. The van der Waals surface area contributed by atoms with Gasteiger partial charge in [-0.15, -0.1) is 5.10 Å². The van der Waals surface area contributed by atoms with Crippen molar-refractivity contribution in [3.63, 3.8) is 0 Å². The van der Waals surface area contributed by atoms with Gasteiger partial charge in [0.25, 0.3) is 0 Å². The topological polar surface area (TPSA) is 66.0 Å². The predicted molar refractivity (Wildman–Crippen MR) is 74.1 cm³/mol. The number of rotatable bonds is 7. The third-order valence-electron chi connectivity index (χ3n) is 2.80. The largest absolute Gasteiger partial charge is 0.492 e. The molecular weight excluding hydrogens is 240 g/mol. The SMILES string of the molecule is Cc1cccc(OCCn2cc(CCCN)nn2)c1. The average molecular weight is 260 g/mol. The quantitative estimate of drug-likeness (QED) is 0.820. The van der Waals surface area contributed by atoms with Crippen molar-refractivity contribution in [1.29, 1.82) is 0 Å². The number of aryl methyl sites for hydroxylation is 2. The van der Waals surface area contributed by atoms with E-state index in [0.29, 0.717) is 19.7 Å². The van der Waals surface area contributed by atoms with Gasteiger partial charge in [0.15, 0.2) is 0 Å². The summed E-state index contributed by atoms with van der Waals surface area (Å²) in [7, 11) is 0. The maximum Gasteiger partial charge on any atom is 0.119 e. The average Bonchev–Trinajstić information content (AvgIpc) is 2.84. The van der Waals surface area contributed by atoms with Gasteiger partial charge >= 0.3 is 0 Å². The second-order valence-electron chi connectivity index (χ2n) is 4.53. The van der Waals surface area contributed by atoms with Crippen molar-refractivity contribution < 1.29 is 4.74 Å². The molecule has 0 aliphatic rings. The van der Waals surface area contributed by atoms with Crippen LogP contribution in [0.4, 0.5) is 0 Å². The Kier molecular flexibility index (Phi) is 4.92. The van der Waals surface area contributed by atoms with Gasteiger partial charge in [-0.1, -0.05) is 17.3 Å². The van der Waals surface area contributed by atoms with Gasteiger partial charge in [-0.2, -0.15) is 0 Å². The third-order valence-corrected chi connectivity index (χ3v) is 2.80. The highest BCUT2D eigenvalue weighted by atomic mass is 16.5. The molecule has 0 unspecified atom stereocenters. The summed E-state index contributed by atoms with van der Waals surface area (Å²) in [6.07, 6.45) is 3.78. The van der Waals surface area contributed by atoms with Crippen molar-refractivity contribution in [2.75, 3.05) is 13.2 Å². The van der Waals surface area contributed by atoms with Crippen molar-refractivity contribution in [3.05, 3.63) is 41.7 Å². The Morgan fingerprint density at radius 1 is 1.37 bits per heavy atom. The molecule has 2 rings (SSSR count). The molecule has 2 N–H and O–H groups in total. The van der Waals surface area contributed by atoms with Gasteiger partial charge in [-0.05, 0) is 44.0 Å². The highest BCUT2D eigenvalue weighted by Gasteiger charge is 2.00. The molecule has 1 aromatic heterocycles. The van der Waals surface area contributed by atoms with Gasteiger partial charge in [-0.3, -0.25) is 0 Å². The highest BCUT2D eigenvalue weighted by molar-refractivity contribution is 5.27. The van der Waals surface area contributed by atoms with Gasteiger partial charge in [0.2, 0.25) is 0 Å². The molecule has 0 saturated carbocycles. The van der Waals surface area contributed by atoms with Crippen molar-refractivity contribution >= 4 is 0 Å². The number of hydrogen-bond acceptors (Lipinski definition) is 4. The first-order valence-corrected chi connectivity index (χ1v) is 6.56. The number of hydrogen-bond donors (Lipinski definition) is 1. The lowest BCUT2D eigenvalue weighted by Gasteiger charge is -2.06. The Balaban J connectivity index is 1.77. The Morgan fingerprint density at radius 2 is 2.26 bits per heavy atom. The van der Waals surface area contributed by atoms with Crippen molar-refractivity contribution in [3.8, 4) is 5.75 Å². The minimum Gasteiger partial charge on any atom is -0.492 e. The normalized spacial score (nSPS) is 10.6. The van der Waals surface area contributed by atoms with E-state index in [1.54, 1.807) is 0 Å². The van der Waals surface area contributed by atoms with Crippen LogP contribution in [0.25, 0.3) is 0 Å². The number of nitrogens with zero attached hydrogens (tertiary/aromatic N) is 3. The molecule has 0 radical (unpaired) electrons. The van der Waals surface area contributed by atoms with E-state index >= 15 is 0 Å². The van der Waals surface area contributed by atoms with Gasteiger partial charge in [0.05, 0.1) is 12.2 Å². The Bertz CT molecular complexity index is 510. The minimum atomic E-state index is 0.586. The molecule has 1 aromatic carbocycles. The van der Waals surface area contributed by atoms with Crippen LogP contribution in [0.2, 0.25) is 0 Å². The van der Waals surface area contributed by atoms with Crippen LogP contribution in [0.3, 0.4) is 0 Å². The molecular formula is C14H20N4O. The molecule has 0 atom stereocenters. The van der Waals surface area contributed by atoms with Crippen LogP contribution in [-0.2, 0) is 13.0 Å². The predicted octanol–water partition coefficient (Wildman–Crippen LogP) is 1.56. The molecule has 0 aliphatic carbocycles. The van der Waals surface area contributed by atoms with E-state index < -0.39 is 0 Å². The first-order chi connectivity index (χ1) is 9.28. The summed E-state index contributed by atoms with van der Waals surface area (Å²) in [6.45, 7) is 4.02. The van der Waals surface area contributed by atoms with E-state index in [2.05, 4.69) is 10.3 Å². The smallest absolute Gasteiger partial charge is 0.119 e. The van der Waals surface area contributed by atoms with Crippen LogP contribution in [0.15, 0.2) is 30.5 Å². The molecule has 5 heteroatoms. The molecule has 0 spiro atoms. The summed E-state index contributed by atoms with van der Waals surface area (Å²) in [5.74, 6) is 0.892. The fourth-order valence-electron chi connectivity index (χ4n) is 1.81. The maximum atomic E-state index is 5.67. The zero-order valence-electron chi connectivity index (χ0n) is 11.2. The molecule has 0 fully saturated rings. The minimum absolute atomic E-state index is 0.586. The molecule has 1 heterocycles. The maximum absolute atomic E-state index is 5.67.